The number of benzene rings is 1. The van der Waals surface area contributed by atoms with Crippen molar-refractivity contribution in [3.8, 4) is 0 Å². The number of carboxylic acids is 3. The Bertz CT molecular complexity index is 1230. The maximum atomic E-state index is 13.5. The molecule has 1 fully saturated rings. The molecule has 12 heteroatoms. The van der Waals surface area contributed by atoms with Gasteiger partial charge in [0.1, 0.15) is 0 Å². The van der Waals surface area contributed by atoms with Gasteiger partial charge in [0.25, 0.3) is 0 Å². The van der Waals surface area contributed by atoms with Crippen molar-refractivity contribution in [2.24, 2.45) is 0 Å². The maximum absolute atomic E-state index is 13.5. The number of amides is 1. The Morgan fingerprint density at radius 3 is 2.02 bits per heavy atom. The van der Waals surface area contributed by atoms with Crippen LogP contribution in [0, 0.1) is 20.8 Å². The van der Waals surface area contributed by atoms with Gasteiger partial charge in [-0.2, -0.15) is 0 Å². The number of piperidine rings is 1. The van der Waals surface area contributed by atoms with Gasteiger partial charge in [-0.25, -0.2) is 4.79 Å². The number of likely N-dealkylation sites (N-methyl/N-ethyl adjacent to an activating group) is 1. The molecule has 1 saturated heterocycles. The lowest BCUT2D eigenvalue weighted by Crippen LogP contribution is -2.49. The summed E-state index contributed by atoms with van der Waals surface area (Å²) in [5.74, 6) is -4.75. The zero-order valence-corrected chi connectivity index (χ0v) is 24.9. The smallest absolute Gasteiger partial charge is 0.336 e. The predicted molar refractivity (Wildman–Crippen MR) is 154 cm³/mol. The van der Waals surface area contributed by atoms with Crippen molar-refractivity contribution in [3.05, 3.63) is 34.5 Å². The summed E-state index contributed by atoms with van der Waals surface area (Å²) >= 11 is 0. The van der Waals surface area contributed by atoms with Crippen LogP contribution in [-0.4, -0.2) is 123 Å². The molecule has 1 aromatic heterocycles. The van der Waals surface area contributed by atoms with Gasteiger partial charge in [0.05, 0.1) is 19.3 Å². The van der Waals surface area contributed by atoms with Crippen molar-refractivity contribution in [2.45, 2.75) is 64.5 Å². The third-order valence-corrected chi connectivity index (χ3v) is 7.41. The number of aromatic amines is 1. The van der Waals surface area contributed by atoms with E-state index >= 15 is 0 Å². The molecule has 1 aromatic carbocycles. The second-order valence-electron chi connectivity index (χ2n) is 11.3. The van der Waals surface area contributed by atoms with E-state index in [0.29, 0.717) is 12.5 Å². The van der Waals surface area contributed by atoms with Crippen LogP contribution in [0.25, 0.3) is 10.9 Å². The summed E-state index contributed by atoms with van der Waals surface area (Å²) < 4.78 is 0. The molecule has 12 nitrogen and oxygen atoms in total. The van der Waals surface area contributed by atoms with Crippen LogP contribution in [0.5, 0.6) is 0 Å². The largest absolute Gasteiger partial charge is 0.481 e. The summed E-state index contributed by atoms with van der Waals surface area (Å²) in [5, 5.41) is 35.0. The molecule has 0 unspecified atom stereocenters. The van der Waals surface area contributed by atoms with Gasteiger partial charge in [0, 0.05) is 35.7 Å². The SMILES string of the molecule is Cc1cc(C)c2c(CC(=O)N(CCN(C)C)C3CCN(C)CC3)c(C)[nH]c2c1.O=C(O)CC(O)(CC(=O)O)C(=O)O. The topological polar surface area (TPSA) is 175 Å². The van der Waals surface area contributed by atoms with Crippen molar-refractivity contribution >= 4 is 34.7 Å². The average Bonchev–Trinajstić information content (AvgIpc) is 3.14. The number of nitrogens with zero attached hydrogens (tertiary/aromatic N) is 3. The highest BCUT2D eigenvalue weighted by atomic mass is 16.4. The van der Waals surface area contributed by atoms with E-state index in [1.54, 1.807) is 0 Å². The number of carboxylic acid groups (broad SMARTS) is 3. The number of H-pyrrole nitrogens is 1. The Balaban J connectivity index is 0.000000383. The summed E-state index contributed by atoms with van der Waals surface area (Å²) in [6.45, 7) is 10.2. The van der Waals surface area contributed by atoms with Gasteiger partial charge in [-0.3, -0.25) is 14.4 Å². The number of likely N-dealkylation sites (tertiary alicyclic amines) is 1. The molecule has 5 N–H and O–H groups in total. The summed E-state index contributed by atoms with van der Waals surface area (Å²) in [7, 11) is 6.32. The Kier molecular flexibility index (Phi) is 11.9. The van der Waals surface area contributed by atoms with Crippen LogP contribution in [0.15, 0.2) is 12.1 Å². The van der Waals surface area contributed by atoms with Crippen molar-refractivity contribution in [1.82, 2.24) is 19.7 Å². The number of fused-ring (bicyclic) bond motifs is 1. The molecule has 3 rings (SSSR count). The van der Waals surface area contributed by atoms with Gasteiger partial charge < -0.3 is 40.1 Å². The molecule has 1 aliphatic heterocycles. The first-order valence-corrected chi connectivity index (χ1v) is 13.6. The van der Waals surface area contributed by atoms with E-state index in [2.05, 4.69) is 73.7 Å². The minimum Gasteiger partial charge on any atom is -0.481 e. The quantitative estimate of drug-likeness (QED) is 0.266. The fourth-order valence-corrected chi connectivity index (χ4v) is 5.24. The van der Waals surface area contributed by atoms with Crippen molar-refractivity contribution in [3.63, 3.8) is 0 Å². The van der Waals surface area contributed by atoms with E-state index in [-0.39, 0.29) is 5.91 Å². The van der Waals surface area contributed by atoms with Crippen molar-refractivity contribution in [2.75, 3.05) is 47.3 Å². The van der Waals surface area contributed by atoms with E-state index in [0.717, 1.165) is 50.2 Å². The van der Waals surface area contributed by atoms with E-state index in [1.165, 1.54) is 22.1 Å². The molecule has 2 heterocycles. The normalized spacial score (nSPS) is 14.5. The number of aliphatic hydroxyl groups is 1. The first-order chi connectivity index (χ1) is 19.0. The van der Waals surface area contributed by atoms with Crippen molar-refractivity contribution < 1.29 is 39.6 Å². The van der Waals surface area contributed by atoms with Crippen LogP contribution in [0.1, 0.15) is 48.1 Å². The number of aromatic nitrogens is 1. The second-order valence-corrected chi connectivity index (χ2v) is 11.3. The first kappa shape index (κ1) is 33.7. The summed E-state index contributed by atoms with van der Waals surface area (Å²) in [6, 6.07) is 4.76. The van der Waals surface area contributed by atoms with E-state index in [9.17, 15) is 19.2 Å². The van der Waals surface area contributed by atoms with E-state index < -0.39 is 36.4 Å². The zero-order chi connectivity index (χ0) is 31.1. The highest BCUT2D eigenvalue weighted by molar-refractivity contribution is 5.93. The molecule has 0 radical (unpaired) electrons. The van der Waals surface area contributed by atoms with Crippen LogP contribution in [0.2, 0.25) is 0 Å². The monoisotopic (exact) mass is 576 g/mol. The van der Waals surface area contributed by atoms with Gasteiger partial charge >= 0.3 is 17.9 Å². The van der Waals surface area contributed by atoms with Crippen LogP contribution in [-0.2, 0) is 25.6 Å². The highest BCUT2D eigenvalue weighted by Crippen LogP contribution is 2.28. The van der Waals surface area contributed by atoms with E-state index in [4.69, 9.17) is 20.4 Å². The third-order valence-electron chi connectivity index (χ3n) is 7.41. The molecule has 0 saturated carbocycles. The Labute approximate surface area is 240 Å². The second kappa shape index (κ2) is 14.4. The van der Waals surface area contributed by atoms with Crippen LogP contribution < -0.4 is 0 Å². The number of nitrogens with one attached hydrogen (secondary N) is 1. The molecular formula is C29H44N4O8. The highest BCUT2D eigenvalue weighted by Gasteiger charge is 2.40. The lowest BCUT2D eigenvalue weighted by atomic mass is 9.96. The number of rotatable bonds is 11. The minimum atomic E-state index is -2.74. The van der Waals surface area contributed by atoms with Gasteiger partial charge in [-0.1, -0.05) is 6.07 Å². The molecule has 0 atom stereocenters. The third kappa shape index (κ3) is 9.55. The molecular weight excluding hydrogens is 532 g/mol. The molecule has 0 bridgehead atoms. The van der Waals surface area contributed by atoms with Gasteiger partial charge in [-0.05, 0) is 90.6 Å². The molecule has 1 amide bonds. The molecule has 0 spiro atoms. The van der Waals surface area contributed by atoms with Gasteiger partial charge in [-0.15, -0.1) is 0 Å². The number of hydrogen-bond acceptors (Lipinski definition) is 7. The Hall–Kier alpha value is -3.48. The molecule has 1 aliphatic rings. The number of carbonyl (C=O) groups is 4. The molecule has 0 aliphatic carbocycles. The number of aryl methyl sites for hydroxylation is 3. The maximum Gasteiger partial charge on any atom is 0.336 e. The summed E-state index contributed by atoms with van der Waals surface area (Å²) in [4.78, 5) is 54.1. The Morgan fingerprint density at radius 2 is 1.54 bits per heavy atom. The average molecular weight is 577 g/mol. The summed E-state index contributed by atoms with van der Waals surface area (Å²) in [6.07, 6.45) is 0.334. The fraction of sp³-hybridized carbons (Fsp3) is 0.586. The van der Waals surface area contributed by atoms with Crippen molar-refractivity contribution in [1.29, 1.82) is 0 Å². The predicted octanol–water partition coefficient (Wildman–Crippen LogP) is 1.87. The number of aliphatic carboxylic acids is 3. The fourth-order valence-electron chi connectivity index (χ4n) is 5.24. The van der Waals surface area contributed by atoms with Gasteiger partial charge in [0.2, 0.25) is 5.91 Å². The molecule has 2 aromatic rings. The van der Waals surface area contributed by atoms with E-state index in [1.807, 2.05) is 0 Å². The zero-order valence-electron chi connectivity index (χ0n) is 24.9. The van der Waals surface area contributed by atoms with Crippen LogP contribution in [0.3, 0.4) is 0 Å². The van der Waals surface area contributed by atoms with Crippen LogP contribution >= 0.6 is 0 Å². The number of hydrogen-bond donors (Lipinski definition) is 5. The lowest BCUT2D eigenvalue weighted by Gasteiger charge is -2.38. The minimum absolute atomic E-state index is 0.264. The standard InChI is InChI=1S/C23H36N4O.C6H8O7/c1-16-13-17(2)23-20(18(3)24-21(23)14-16)15-22(28)27(12-11-25(4)5)19-7-9-26(6)10-8-19;7-3(8)1-6(13,5(11)12)2-4(9)10/h13-14,19,24H,7-12,15H2,1-6H3;13H,1-2H2,(H,7,8)(H,9,10)(H,11,12). The first-order valence-electron chi connectivity index (χ1n) is 13.6. The van der Waals surface area contributed by atoms with Crippen LogP contribution in [0.4, 0.5) is 0 Å². The Morgan fingerprint density at radius 1 is 0.976 bits per heavy atom. The molecule has 41 heavy (non-hydrogen) atoms. The summed E-state index contributed by atoms with van der Waals surface area (Å²) in [5.41, 5.74) is 3.20. The van der Waals surface area contributed by atoms with Gasteiger partial charge in [0.15, 0.2) is 5.60 Å². The lowest BCUT2D eigenvalue weighted by molar-refractivity contribution is -0.170. The number of carbonyl (C=O) groups excluding carboxylic acids is 1. The molecule has 228 valence electrons.